The van der Waals surface area contributed by atoms with Crippen molar-refractivity contribution in [1.82, 2.24) is 59.3 Å². The van der Waals surface area contributed by atoms with Crippen molar-refractivity contribution in [1.29, 1.82) is 0 Å². The van der Waals surface area contributed by atoms with Crippen LogP contribution in [0.1, 0.15) is 145 Å². The smallest absolute Gasteiger partial charge is 0.225 e. The summed E-state index contributed by atoms with van der Waals surface area (Å²) in [7, 11) is 10.2. The fourth-order valence-electron chi connectivity index (χ4n) is 16.6. The Labute approximate surface area is 722 Å². The van der Waals surface area contributed by atoms with Crippen molar-refractivity contribution in [2.45, 2.75) is 116 Å². The van der Waals surface area contributed by atoms with Crippen LogP contribution in [0, 0.1) is 17.5 Å². The highest BCUT2D eigenvalue weighted by Gasteiger charge is 2.36. The van der Waals surface area contributed by atoms with Gasteiger partial charge in [0.2, 0.25) is 41.4 Å². The zero-order valence-corrected chi connectivity index (χ0v) is 72.3. The molecule has 3 saturated heterocycles. The van der Waals surface area contributed by atoms with E-state index in [0.29, 0.717) is 194 Å². The Morgan fingerprint density at radius 1 is 0.434 bits per heavy atom. The van der Waals surface area contributed by atoms with Crippen molar-refractivity contribution < 1.29 is 57.3 Å². The fourth-order valence-corrected chi connectivity index (χ4v) is 17.6. The topological polar surface area (TPSA) is 282 Å². The molecule has 3 atom stereocenters. The SMILES string of the molecule is CC(=O)N1CCN(c2nc(CCCC(=O)N(C)C)nc3c(F)c([C@H]4C=C(O)Cc5ccccc54)c(Cl)cc23)CC1.CCC(=O)N1CCN(c2nc(CCCC(=O)N(C)C)nc3c(F)c([C@H]4C=C(O)Cc5ccccc54)c(Cl)cc23)CC1.CCC(=O)N1CCN(c2nc(NCCC(=O)N(C)C)nc3c(F)c([C@H]4C=C(O)Cc5ccccc54)c(Cl)cc23)CC1. The molecule has 122 heavy (non-hydrogen) atoms. The van der Waals surface area contributed by atoms with Crippen LogP contribution in [-0.2, 0) is 60.9 Å². The first-order valence-corrected chi connectivity index (χ1v) is 42.5. The Kier molecular flexibility index (Phi) is 28.1. The maximum atomic E-state index is 16.6. The highest BCUT2D eigenvalue weighted by Crippen LogP contribution is 2.47. The average Bonchev–Trinajstić information content (AvgIpc) is 0.752. The van der Waals surface area contributed by atoms with Crippen LogP contribution in [0.3, 0.4) is 0 Å². The number of piperazine rings is 3. The van der Waals surface area contributed by atoms with Crippen LogP contribution < -0.4 is 20.0 Å². The molecule has 4 N–H and O–H groups in total. The van der Waals surface area contributed by atoms with E-state index in [9.17, 15) is 44.1 Å². The van der Waals surface area contributed by atoms with Crippen LogP contribution >= 0.6 is 34.8 Å². The number of hydrogen-bond donors (Lipinski definition) is 4. The van der Waals surface area contributed by atoms with Gasteiger partial charge in [-0.25, -0.2) is 38.1 Å². The zero-order valence-electron chi connectivity index (χ0n) is 70.1. The number of rotatable bonds is 20. The van der Waals surface area contributed by atoms with Crippen molar-refractivity contribution >= 4 is 126 Å². The van der Waals surface area contributed by atoms with Gasteiger partial charge in [-0.15, -0.1) is 0 Å². The van der Waals surface area contributed by atoms with Gasteiger partial charge in [0.25, 0.3) is 0 Å². The second kappa shape index (κ2) is 38.8. The monoisotopic (exact) mass is 1720 g/mol. The number of aromatic nitrogens is 6. The molecule has 6 heterocycles. The minimum absolute atomic E-state index is 0.00387. The first kappa shape index (κ1) is 88.4. The van der Waals surface area contributed by atoms with Gasteiger partial charge in [-0.1, -0.05) is 121 Å². The standard InChI is InChI=1S/C31H35ClFN5O3.C30H34ClFN6O3.C30H33ClFN5O3/c1-4-26(40)37-12-14-38(15-13-37)31-23-18-24(32)28(22-17-20(39)16-19-8-5-6-9-21(19)22)29(33)30(23)34-25(35-31)10-7-11-27(41)36(2)3;1-4-24(40)37-11-13-38(14-12-37)29-22-17-23(31)26(21-16-19(39)15-18-7-5-6-8-20(18)21)27(32)28(22)34-30(35-29)33-10-9-25(41)36(2)3;1-18(38)36-11-13-37(14-12-36)30-23-17-24(31)27(22-16-20(39)15-19-7-4-5-8-21(19)22)28(32)29(23)33-25(34-30)9-6-10-26(40)35(2)3/h5-6,8-9,17-18,22,39H,4,7,10-16H2,1-3H3;5-8,16-17,21,39H,4,9-15H2,1-3H3,(H,33,34,35);4-5,7-8,16-17,22,39H,6,9-15H2,1-3H3/t22-;21-;22-/m000/s1. The van der Waals surface area contributed by atoms with Gasteiger partial charge in [0.15, 0.2) is 17.5 Å². The molecule has 3 aromatic heterocycles. The van der Waals surface area contributed by atoms with E-state index in [1.165, 1.54) is 4.90 Å². The Balaban J connectivity index is 0.000000158. The lowest BCUT2D eigenvalue weighted by Crippen LogP contribution is -2.49. The average molecular weight is 1730 g/mol. The number of carbonyl (C=O) groups excluding carboxylic acids is 6. The number of halogens is 6. The molecule has 6 aromatic carbocycles. The van der Waals surface area contributed by atoms with Crippen molar-refractivity contribution in [3.05, 3.63) is 221 Å². The van der Waals surface area contributed by atoms with Crippen LogP contribution in [0.15, 0.2) is 127 Å². The summed E-state index contributed by atoms with van der Waals surface area (Å²) in [6.07, 6.45) is 9.70. The summed E-state index contributed by atoms with van der Waals surface area (Å²) >= 11 is 20.4. The molecule has 0 saturated carbocycles. The van der Waals surface area contributed by atoms with Gasteiger partial charge in [-0.2, -0.15) is 4.98 Å². The normalized spacial score (nSPS) is 16.9. The molecule has 0 radical (unpaired) electrons. The second-order valence-corrected chi connectivity index (χ2v) is 33.2. The van der Waals surface area contributed by atoms with Crippen LogP contribution in [0.2, 0.25) is 15.1 Å². The van der Waals surface area contributed by atoms with E-state index in [-0.39, 0.29) is 120 Å². The highest BCUT2D eigenvalue weighted by atomic mass is 35.5. The van der Waals surface area contributed by atoms with Gasteiger partial charge in [0.05, 0.1) is 17.3 Å². The highest BCUT2D eigenvalue weighted by molar-refractivity contribution is 6.33. The quantitative estimate of drug-likeness (QED) is 0.0551. The molecule has 6 aliphatic rings. The molecule has 0 unspecified atom stereocenters. The summed E-state index contributed by atoms with van der Waals surface area (Å²) in [4.78, 5) is 117. The lowest BCUT2D eigenvalue weighted by molar-refractivity contribution is -0.131. The number of nitrogens with one attached hydrogen (secondary N) is 1. The van der Waals surface area contributed by atoms with Gasteiger partial charge in [-0.3, -0.25) is 28.8 Å². The number of aryl methyl sites for hydroxylation is 2. The maximum absolute atomic E-state index is 16.6. The first-order valence-electron chi connectivity index (χ1n) is 41.4. The maximum Gasteiger partial charge on any atom is 0.225 e. The predicted octanol–water partition coefficient (Wildman–Crippen LogP) is 14.2. The minimum Gasteiger partial charge on any atom is -0.512 e. The van der Waals surface area contributed by atoms with Gasteiger partial charge in [0.1, 0.15) is 45.7 Å². The first-order chi connectivity index (χ1) is 58.5. The number of hydrogen-bond acceptors (Lipinski definition) is 19. The van der Waals surface area contributed by atoms with Crippen LogP contribution in [-0.4, -0.2) is 237 Å². The number of benzene rings is 6. The predicted molar refractivity (Wildman–Crippen MR) is 469 cm³/mol. The number of anilines is 4. The number of aliphatic hydroxyl groups excluding tert-OH is 3. The summed E-state index contributed by atoms with van der Waals surface area (Å²) < 4.78 is 49.8. The van der Waals surface area contributed by atoms with Crippen molar-refractivity contribution in [2.24, 2.45) is 0 Å². The fraction of sp³-hybridized carbons (Fsp3) is 0.407. The molecule has 642 valence electrons. The number of aliphatic hydroxyl groups is 3. The summed E-state index contributed by atoms with van der Waals surface area (Å²) in [5.74, 6) is -0.0446. The Bertz CT molecular complexity index is 5390. The lowest BCUT2D eigenvalue weighted by atomic mass is 9.82. The third-order valence-corrected chi connectivity index (χ3v) is 24.2. The van der Waals surface area contributed by atoms with E-state index in [4.69, 9.17) is 49.8 Å². The molecule has 6 amide bonds. The molecule has 25 nitrogen and oxygen atoms in total. The van der Waals surface area contributed by atoms with Crippen LogP contribution in [0.25, 0.3) is 32.7 Å². The number of carbonyl (C=O) groups is 6. The Morgan fingerprint density at radius 2 is 0.746 bits per heavy atom. The minimum atomic E-state index is -0.590. The molecular formula is C91H102Cl3F3N16O9. The summed E-state index contributed by atoms with van der Waals surface area (Å²) in [6, 6.07) is 28.0. The number of amides is 6. The van der Waals surface area contributed by atoms with Crippen LogP contribution in [0.5, 0.6) is 0 Å². The van der Waals surface area contributed by atoms with Crippen molar-refractivity contribution in [3.8, 4) is 0 Å². The van der Waals surface area contributed by atoms with Gasteiger partial charge < -0.3 is 64.7 Å². The van der Waals surface area contributed by atoms with E-state index in [2.05, 4.69) is 25.2 Å². The molecule has 9 aromatic rings. The number of allylic oxidation sites excluding steroid dienone is 6. The molecule has 0 spiro atoms. The molecule has 3 fully saturated rings. The lowest BCUT2D eigenvalue weighted by Gasteiger charge is -2.36. The molecule has 31 heteroatoms. The van der Waals surface area contributed by atoms with E-state index in [1.807, 2.05) is 106 Å². The molecule has 15 rings (SSSR count). The molecule has 3 aliphatic carbocycles. The summed E-state index contributed by atoms with van der Waals surface area (Å²) in [5.41, 5.74) is 6.55. The van der Waals surface area contributed by atoms with E-state index >= 15 is 13.2 Å². The number of fused-ring (bicyclic) bond motifs is 6. The molecule has 0 bridgehead atoms. The summed E-state index contributed by atoms with van der Waals surface area (Å²) in [5, 5.41) is 36.7. The van der Waals surface area contributed by atoms with Crippen molar-refractivity contribution in [3.63, 3.8) is 0 Å². The Morgan fingerprint density at radius 3 is 1.07 bits per heavy atom. The number of nitrogens with zero attached hydrogens (tertiary/aromatic N) is 15. The third-order valence-electron chi connectivity index (χ3n) is 23.3. The van der Waals surface area contributed by atoms with Gasteiger partial charge in [0, 0.05) is 264 Å². The zero-order chi connectivity index (χ0) is 87.1. The summed E-state index contributed by atoms with van der Waals surface area (Å²) in [6.45, 7) is 11.9. The van der Waals surface area contributed by atoms with Gasteiger partial charge in [-0.05, 0) is 82.6 Å². The largest absolute Gasteiger partial charge is 0.512 e. The van der Waals surface area contributed by atoms with Crippen molar-refractivity contribution in [2.75, 3.05) is 147 Å². The van der Waals surface area contributed by atoms with E-state index in [1.54, 1.807) is 100 Å². The second-order valence-electron chi connectivity index (χ2n) is 32.0. The molecular weight excluding hydrogens is 1620 g/mol. The van der Waals surface area contributed by atoms with Gasteiger partial charge >= 0.3 is 0 Å². The third kappa shape index (κ3) is 19.6. The Hall–Kier alpha value is -11.4. The van der Waals surface area contributed by atoms with E-state index < -0.39 is 35.2 Å². The van der Waals surface area contributed by atoms with E-state index in [0.717, 1.165) is 33.4 Å². The van der Waals surface area contributed by atoms with Crippen LogP contribution in [0.4, 0.5) is 36.6 Å². The molecule has 3 aliphatic heterocycles.